The lowest BCUT2D eigenvalue weighted by molar-refractivity contribution is -0.155. The summed E-state index contributed by atoms with van der Waals surface area (Å²) in [6.07, 6.45) is 11.1. The molecule has 0 aromatic carbocycles. The predicted octanol–water partition coefficient (Wildman–Crippen LogP) is 2.91. The van der Waals surface area contributed by atoms with Gasteiger partial charge in [-0.3, -0.25) is 9.69 Å². The zero-order chi connectivity index (χ0) is 20.3. The van der Waals surface area contributed by atoms with Crippen LogP contribution in [0.5, 0.6) is 0 Å². The Kier molecular flexibility index (Phi) is 4.31. The third kappa shape index (κ3) is 3.19. The van der Waals surface area contributed by atoms with Crippen LogP contribution in [-0.2, 0) is 4.79 Å². The van der Waals surface area contributed by atoms with Crippen molar-refractivity contribution in [3.8, 4) is 6.07 Å². The van der Waals surface area contributed by atoms with Crippen LogP contribution in [0, 0.1) is 34.5 Å². The average molecular weight is 406 g/mol. The average Bonchev–Trinajstić information content (AvgIpc) is 3.44. The maximum atomic E-state index is 13.1. The SMILES string of the molecule is N#Cc1ccc(N[C@@H]2CCN(C3C4CC5CC3CC(C(=O)NC3CC3)(C5)C4)C2)nc1. The predicted molar refractivity (Wildman–Crippen MR) is 113 cm³/mol. The van der Waals surface area contributed by atoms with E-state index in [0.29, 0.717) is 41.4 Å². The smallest absolute Gasteiger partial charge is 0.226 e. The first-order chi connectivity index (χ1) is 14.6. The molecule has 2 heterocycles. The zero-order valence-electron chi connectivity index (χ0n) is 17.5. The molecule has 4 bridgehead atoms. The fraction of sp³-hybridized carbons (Fsp3) is 0.708. The van der Waals surface area contributed by atoms with Gasteiger partial charge in [0, 0.05) is 37.4 Å². The molecule has 1 saturated heterocycles. The number of pyridine rings is 1. The highest BCUT2D eigenvalue weighted by molar-refractivity contribution is 5.83. The summed E-state index contributed by atoms with van der Waals surface area (Å²) in [5.41, 5.74) is 0.543. The van der Waals surface area contributed by atoms with Crippen molar-refractivity contribution in [1.29, 1.82) is 5.26 Å². The molecular weight excluding hydrogens is 374 g/mol. The van der Waals surface area contributed by atoms with E-state index in [4.69, 9.17) is 5.26 Å². The van der Waals surface area contributed by atoms with Crippen molar-refractivity contribution in [3.05, 3.63) is 23.9 Å². The van der Waals surface area contributed by atoms with Crippen molar-refractivity contribution in [2.75, 3.05) is 18.4 Å². The summed E-state index contributed by atoms with van der Waals surface area (Å²) in [5.74, 6) is 3.39. The van der Waals surface area contributed by atoms with E-state index >= 15 is 0 Å². The summed E-state index contributed by atoms with van der Waals surface area (Å²) in [4.78, 5) is 20.2. The van der Waals surface area contributed by atoms with Gasteiger partial charge in [-0.25, -0.2) is 4.98 Å². The summed E-state index contributed by atoms with van der Waals surface area (Å²) in [6, 6.07) is 7.40. The molecule has 1 amide bonds. The molecule has 1 aromatic rings. The molecule has 3 atom stereocenters. The number of likely N-dealkylation sites (tertiary alicyclic amines) is 1. The van der Waals surface area contributed by atoms with E-state index in [1.54, 1.807) is 6.20 Å². The molecule has 5 saturated carbocycles. The lowest BCUT2D eigenvalue weighted by Crippen LogP contribution is -2.62. The van der Waals surface area contributed by atoms with E-state index < -0.39 is 0 Å². The second-order valence-corrected chi connectivity index (χ2v) is 10.7. The molecule has 7 rings (SSSR count). The topological polar surface area (TPSA) is 81.0 Å². The molecule has 0 spiro atoms. The minimum atomic E-state index is -0.0562. The number of carbonyl (C=O) groups is 1. The van der Waals surface area contributed by atoms with Crippen LogP contribution in [0.1, 0.15) is 56.9 Å². The van der Waals surface area contributed by atoms with E-state index in [1.807, 2.05) is 12.1 Å². The van der Waals surface area contributed by atoms with Gasteiger partial charge in [0.05, 0.1) is 11.0 Å². The third-order valence-electron chi connectivity index (χ3n) is 8.50. The Morgan fingerprint density at radius 3 is 2.60 bits per heavy atom. The Morgan fingerprint density at radius 1 is 1.13 bits per heavy atom. The molecule has 158 valence electrons. The highest BCUT2D eigenvalue weighted by Crippen LogP contribution is 2.61. The second kappa shape index (κ2) is 6.95. The van der Waals surface area contributed by atoms with Crippen LogP contribution < -0.4 is 10.6 Å². The first kappa shape index (κ1) is 18.6. The van der Waals surface area contributed by atoms with Gasteiger partial charge in [0.1, 0.15) is 11.9 Å². The number of anilines is 1. The second-order valence-electron chi connectivity index (χ2n) is 10.7. The van der Waals surface area contributed by atoms with Crippen molar-refractivity contribution < 1.29 is 4.79 Å². The van der Waals surface area contributed by atoms with Crippen LogP contribution >= 0.6 is 0 Å². The van der Waals surface area contributed by atoms with Gasteiger partial charge in [0.15, 0.2) is 0 Å². The number of rotatable bonds is 5. The molecule has 6 nitrogen and oxygen atoms in total. The van der Waals surface area contributed by atoms with Gasteiger partial charge in [-0.1, -0.05) is 0 Å². The van der Waals surface area contributed by atoms with Crippen molar-refractivity contribution >= 4 is 11.7 Å². The summed E-state index contributed by atoms with van der Waals surface area (Å²) in [6.45, 7) is 2.20. The quantitative estimate of drug-likeness (QED) is 0.787. The molecule has 5 aliphatic carbocycles. The highest BCUT2D eigenvalue weighted by atomic mass is 16.2. The Bertz CT molecular complexity index is 857. The Labute approximate surface area is 178 Å². The number of nitrogens with one attached hydrogen (secondary N) is 2. The molecule has 2 unspecified atom stereocenters. The number of hydrogen-bond donors (Lipinski definition) is 2. The van der Waals surface area contributed by atoms with Crippen LogP contribution in [0.25, 0.3) is 0 Å². The van der Waals surface area contributed by atoms with Gasteiger partial charge >= 0.3 is 0 Å². The molecule has 2 N–H and O–H groups in total. The van der Waals surface area contributed by atoms with Crippen LogP contribution in [0.15, 0.2) is 18.3 Å². The summed E-state index contributed by atoms with van der Waals surface area (Å²) < 4.78 is 0. The Balaban J connectivity index is 1.12. The molecule has 30 heavy (non-hydrogen) atoms. The van der Waals surface area contributed by atoms with Crippen molar-refractivity contribution in [2.24, 2.45) is 23.2 Å². The van der Waals surface area contributed by atoms with E-state index in [1.165, 1.54) is 25.7 Å². The van der Waals surface area contributed by atoms with Gasteiger partial charge in [0.25, 0.3) is 0 Å². The third-order valence-corrected chi connectivity index (χ3v) is 8.50. The maximum absolute atomic E-state index is 13.1. The number of hydrogen-bond acceptors (Lipinski definition) is 5. The van der Waals surface area contributed by atoms with Gasteiger partial charge in [0.2, 0.25) is 5.91 Å². The number of nitrogens with zero attached hydrogens (tertiary/aromatic N) is 3. The minimum Gasteiger partial charge on any atom is -0.366 e. The van der Waals surface area contributed by atoms with Crippen molar-refractivity contribution in [1.82, 2.24) is 15.2 Å². The number of aromatic nitrogens is 1. The van der Waals surface area contributed by atoms with Crippen LogP contribution in [-0.4, -0.2) is 47.0 Å². The molecular formula is C24H31N5O. The van der Waals surface area contributed by atoms with Crippen molar-refractivity contribution in [2.45, 2.75) is 69.5 Å². The van der Waals surface area contributed by atoms with Crippen molar-refractivity contribution in [3.63, 3.8) is 0 Å². The summed E-state index contributed by atoms with van der Waals surface area (Å²) in [5, 5.41) is 15.9. The van der Waals surface area contributed by atoms with Gasteiger partial charge in [-0.15, -0.1) is 0 Å². The molecule has 1 aliphatic heterocycles. The fourth-order valence-corrected chi connectivity index (χ4v) is 7.37. The fourth-order valence-electron chi connectivity index (χ4n) is 7.37. The monoisotopic (exact) mass is 405 g/mol. The van der Waals surface area contributed by atoms with Crippen LogP contribution in [0.4, 0.5) is 5.82 Å². The summed E-state index contributed by atoms with van der Waals surface area (Å²) in [7, 11) is 0. The van der Waals surface area contributed by atoms with Crippen LogP contribution in [0.2, 0.25) is 0 Å². The van der Waals surface area contributed by atoms with Gasteiger partial charge in [-0.05, 0) is 81.3 Å². The maximum Gasteiger partial charge on any atom is 0.226 e. The molecule has 0 radical (unpaired) electrons. The molecule has 6 heteroatoms. The highest BCUT2D eigenvalue weighted by Gasteiger charge is 2.60. The number of amides is 1. The van der Waals surface area contributed by atoms with Crippen LogP contribution in [0.3, 0.4) is 0 Å². The lowest BCUT2D eigenvalue weighted by atomic mass is 9.47. The minimum absolute atomic E-state index is 0.0562. The zero-order valence-corrected chi connectivity index (χ0v) is 17.5. The summed E-state index contributed by atoms with van der Waals surface area (Å²) >= 11 is 0. The van der Waals surface area contributed by atoms with E-state index in [0.717, 1.165) is 50.5 Å². The number of carbonyl (C=O) groups excluding carboxylic acids is 1. The largest absolute Gasteiger partial charge is 0.366 e. The number of nitriles is 1. The lowest BCUT2D eigenvalue weighted by Gasteiger charge is -2.61. The molecule has 6 aliphatic rings. The van der Waals surface area contributed by atoms with E-state index in [-0.39, 0.29) is 5.41 Å². The Morgan fingerprint density at radius 2 is 1.93 bits per heavy atom. The van der Waals surface area contributed by atoms with E-state index in [9.17, 15) is 4.79 Å². The molecule has 6 fully saturated rings. The van der Waals surface area contributed by atoms with Gasteiger partial charge in [-0.2, -0.15) is 5.26 Å². The first-order valence-electron chi connectivity index (χ1n) is 11.8. The standard InChI is InChI=1S/C24H31N5O/c25-12-15-1-4-21(26-13-15)27-20-5-6-29(14-20)22-17-7-16-8-18(22)11-24(9-16,10-17)23(30)28-19-2-3-19/h1,4,13,16-20,22H,2-3,5-11,14H2,(H,26,27)(H,28,30)/t16?,17?,18?,20-,22?,24?/m1/s1. The van der Waals surface area contributed by atoms with E-state index in [2.05, 4.69) is 26.6 Å². The first-order valence-corrected chi connectivity index (χ1v) is 11.8. The van der Waals surface area contributed by atoms with Gasteiger partial charge < -0.3 is 10.6 Å². The normalized spacial score (nSPS) is 39.6. The Hall–Kier alpha value is -2.13. The molecule has 1 aromatic heterocycles.